The molecule has 42 heavy (non-hydrogen) atoms. The Kier molecular flexibility index (Phi) is 9.04. The molecule has 5 rings (SSSR count). The van der Waals surface area contributed by atoms with Crippen molar-refractivity contribution in [2.45, 2.75) is 63.6 Å². The maximum absolute atomic E-state index is 13.2. The molecule has 0 radical (unpaired) electrons. The number of para-hydroxylation sites is 1. The van der Waals surface area contributed by atoms with E-state index in [1.54, 1.807) is 24.3 Å². The fourth-order valence-corrected chi connectivity index (χ4v) is 6.85. The van der Waals surface area contributed by atoms with Crippen LogP contribution in [0.1, 0.15) is 61.9 Å². The number of hydrogen-bond donors (Lipinski definition) is 2. The Morgan fingerprint density at radius 1 is 1.12 bits per heavy atom. The number of carbonyl (C=O) groups is 3. The van der Waals surface area contributed by atoms with Crippen LogP contribution in [0.15, 0.2) is 60.7 Å². The maximum atomic E-state index is 13.2. The van der Waals surface area contributed by atoms with Crippen LogP contribution < -0.4 is 10.5 Å². The summed E-state index contributed by atoms with van der Waals surface area (Å²) in [5, 5.41) is 0.982. The van der Waals surface area contributed by atoms with Gasteiger partial charge < -0.3 is 25.1 Å². The number of benzene rings is 2. The minimum Gasteiger partial charge on any atom is -0.467 e. The number of methoxy groups -OCH3 is 1. The lowest BCUT2D eigenvalue weighted by Gasteiger charge is -2.40. The number of nitrogens with one attached hydrogen (secondary N) is 1. The van der Waals surface area contributed by atoms with Gasteiger partial charge in [-0.3, -0.25) is 4.79 Å². The van der Waals surface area contributed by atoms with Gasteiger partial charge >= 0.3 is 11.9 Å². The molecule has 1 aromatic heterocycles. The third-order valence-corrected chi connectivity index (χ3v) is 8.79. The molecule has 222 valence electrons. The number of aromatic nitrogens is 1. The van der Waals surface area contributed by atoms with Crippen molar-refractivity contribution in [3.05, 3.63) is 77.5 Å². The predicted molar refractivity (Wildman–Crippen MR) is 162 cm³/mol. The molecule has 2 aliphatic rings. The summed E-state index contributed by atoms with van der Waals surface area (Å²) in [5.74, 6) is -0.212. The number of halogens is 1. The Labute approximate surface area is 251 Å². The van der Waals surface area contributed by atoms with Gasteiger partial charge in [0.1, 0.15) is 23.7 Å². The fourth-order valence-electron chi connectivity index (χ4n) is 6.72. The monoisotopic (exact) mass is 591 g/mol. The number of allylic oxidation sites excluding steroid dienone is 1. The van der Waals surface area contributed by atoms with Crippen LogP contribution in [0.2, 0.25) is 0 Å². The van der Waals surface area contributed by atoms with Crippen molar-refractivity contribution in [3.63, 3.8) is 0 Å². The third-order valence-electron chi connectivity index (χ3n) is 8.56. The van der Waals surface area contributed by atoms with E-state index in [0.29, 0.717) is 30.4 Å². The number of esters is 2. The summed E-state index contributed by atoms with van der Waals surface area (Å²) in [7, 11) is 1.31. The van der Waals surface area contributed by atoms with E-state index in [9.17, 15) is 14.4 Å². The van der Waals surface area contributed by atoms with Crippen molar-refractivity contribution in [1.29, 1.82) is 0 Å². The van der Waals surface area contributed by atoms with E-state index in [4.69, 9.17) is 26.8 Å². The average molecular weight is 592 g/mol. The second-order valence-corrected chi connectivity index (χ2v) is 11.9. The summed E-state index contributed by atoms with van der Waals surface area (Å²) >= 11 is 6.03. The van der Waals surface area contributed by atoms with E-state index in [2.05, 4.69) is 18.5 Å². The molecule has 0 unspecified atom stereocenters. The van der Waals surface area contributed by atoms with Crippen molar-refractivity contribution >= 4 is 40.3 Å². The van der Waals surface area contributed by atoms with Crippen LogP contribution in [0.5, 0.6) is 5.75 Å². The first-order chi connectivity index (χ1) is 20.2. The van der Waals surface area contributed by atoms with Crippen molar-refractivity contribution in [2.24, 2.45) is 17.6 Å². The lowest BCUT2D eigenvalue weighted by Crippen LogP contribution is -2.52. The molecule has 2 aromatic carbocycles. The van der Waals surface area contributed by atoms with E-state index >= 15 is 0 Å². The molecule has 1 fully saturated rings. The van der Waals surface area contributed by atoms with E-state index in [1.165, 1.54) is 17.6 Å². The number of hydrogen-bond acceptors (Lipinski definition) is 6. The Bertz CT molecular complexity index is 1480. The Hall–Kier alpha value is -3.62. The highest BCUT2D eigenvalue weighted by atomic mass is 35.5. The Balaban J connectivity index is 1.37. The predicted octanol–water partition coefficient (Wildman–Crippen LogP) is 5.43. The molecule has 5 atom stereocenters. The standard InChI is InChI=1S/C33H38ClN3O5/c1-19-14-20(2)16-21(15-19)8-13-26(35)32(39)42-23-11-9-22(10-12-23)31-30-25(24-6-4-5-7-27(24)36-30)17-28(33(40)41-3)37(31)29(38)18-34/h4-7,9-12,20-21,26,28,31,36H,1,8,13-18,35H2,2-3H3/t20-,21+,26-,28+,31-/m0/s1. The lowest BCUT2D eigenvalue weighted by molar-refractivity contribution is -0.154. The molecule has 0 spiro atoms. The van der Waals surface area contributed by atoms with Gasteiger partial charge in [-0.05, 0) is 73.3 Å². The van der Waals surface area contributed by atoms with Crippen molar-refractivity contribution in [1.82, 2.24) is 9.88 Å². The topological polar surface area (TPSA) is 115 Å². The summed E-state index contributed by atoms with van der Waals surface area (Å²) in [6.07, 6.45) is 4.90. The molecule has 2 heterocycles. The Morgan fingerprint density at radius 3 is 2.55 bits per heavy atom. The third kappa shape index (κ3) is 6.10. The minimum atomic E-state index is -0.849. The summed E-state index contributed by atoms with van der Waals surface area (Å²) in [6, 6.07) is 12.6. The maximum Gasteiger partial charge on any atom is 0.328 e. The second-order valence-electron chi connectivity index (χ2n) is 11.7. The van der Waals surface area contributed by atoms with E-state index in [-0.39, 0.29) is 5.88 Å². The van der Waals surface area contributed by atoms with Gasteiger partial charge in [0.15, 0.2) is 0 Å². The number of rotatable bonds is 8. The Morgan fingerprint density at radius 2 is 1.86 bits per heavy atom. The first-order valence-corrected chi connectivity index (χ1v) is 15.0. The SMILES string of the molecule is C=C1C[C@H](C)C[C@H](CC[C@H](N)C(=O)Oc2ccc([C@H]3c4[nH]c5ccccc5c4C[C@H](C(=O)OC)N3C(=O)CCl)cc2)C1. The van der Waals surface area contributed by atoms with Gasteiger partial charge in [-0.2, -0.15) is 0 Å². The first-order valence-electron chi connectivity index (χ1n) is 14.5. The zero-order valence-electron chi connectivity index (χ0n) is 24.1. The van der Waals surface area contributed by atoms with Crippen LogP contribution in [-0.4, -0.2) is 52.8 Å². The number of fused-ring (bicyclic) bond motifs is 3. The van der Waals surface area contributed by atoms with Crippen molar-refractivity contribution < 1.29 is 23.9 Å². The molecule has 0 bridgehead atoms. The summed E-state index contributed by atoms with van der Waals surface area (Å²) in [6.45, 7) is 6.40. The molecule has 3 aromatic rings. The number of ether oxygens (including phenoxy) is 2. The van der Waals surface area contributed by atoms with Crippen LogP contribution in [0.3, 0.4) is 0 Å². The van der Waals surface area contributed by atoms with Crippen LogP contribution in [0, 0.1) is 11.8 Å². The number of nitrogens with two attached hydrogens (primary N) is 1. The molecule has 1 aliphatic carbocycles. The zero-order valence-corrected chi connectivity index (χ0v) is 24.9. The summed E-state index contributed by atoms with van der Waals surface area (Å²) < 4.78 is 10.7. The molecular formula is C33H38ClN3O5. The molecule has 1 amide bonds. The van der Waals surface area contributed by atoms with Crippen molar-refractivity contribution in [3.8, 4) is 5.75 Å². The van der Waals surface area contributed by atoms with E-state index < -0.39 is 36.0 Å². The first kappa shape index (κ1) is 29.9. The van der Waals surface area contributed by atoms with Gasteiger partial charge in [-0.25, -0.2) is 9.59 Å². The molecule has 8 nitrogen and oxygen atoms in total. The zero-order chi connectivity index (χ0) is 30.0. The van der Waals surface area contributed by atoms with Crippen LogP contribution >= 0.6 is 11.6 Å². The summed E-state index contributed by atoms with van der Waals surface area (Å²) in [4.78, 5) is 43.9. The van der Waals surface area contributed by atoms with Gasteiger partial charge in [0.25, 0.3) is 0 Å². The van der Waals surface area contributed by atoms with Gasteiger partial charge in [0, 0.05) is 23.0 Å². The molecule has 1 saturated carbocycles. The molecule has 1 aliphatic heterocycles. The number of aromatic amines is 1. The van der Waals surface area contributed by atoms with Crippen LogP contribution in [0.25, 0.3) is 10.9 Å². The van der Waals surface area contributed by atoms with Crippen LogP contribution in [0.4, 0.5) is 0 Å². The molecular weight excluding hydrogens is 554 g/mol. The highest BCUT2D eigenvalue weighted by Crippen LogP contribution is 2.42. The number of amides is 1. The highest BCUT2D eigenvalue weighted by molar-refractivity contribution is 6.27. The van der Waals surface area contributed by atoms with Gasteiger partial charge in [0.05, 0.1) is 13.2 Å². The fraction of sp³-hybridized carbons (Fsp3) is 0.424. The smallest absolute Gasteiger partial charge is 0.328 e. The van der Waals surface area contributed by atoms with Gasteiger partial charge in [-0.15, -0.1) is 11.6 Å². The van der Waals surface area contributed by atoms with Gasteiger partial charge in [-0.1, -0.05) is 49.4 Å². The largest absolute Gasteiger partial charge is 0.467 e. The number of alkyl halides is 1. The van der Waals surface area contributed by atoms with Crippen molar-refractivity contribution in [2.75, 3.05) is 13.0 Å². The number of carbonyl (C=O) groups excluding carboxylic acids is 3. The number of nitrogens with zero attached hydrogens (tertiary/aromatic N) is 1. The molecule has 9 heteroatoms. The quantitative estimate of drug-likeness (QED) is 0.156. The molecule has 3 N–H and O–H groups in total. The average Bonchev–Trinajstić information content (AvgIpc) is 3.36. The molecule has 0 saturated heterocycles. The second kappa shape index (κ2) is 12.7. The lowest BCUT2D eigenvalue weighted by atomic mass is 9.77. The van der Waals surface area contributed by atoms with Crippen LogP contribution in [-0.2, 0) is 25.5 Å². The summed E-state index contributed by atoms with van der Waals surface area (Å²) in [5.41, 5.74) is 10.9. The minimum absolute atomic E-state index is 0.291. The van der Waals surface area contributed by atoms with Gasteiger partial charge in [0.2, 0.25) is 5.91 Å². The highest BCUT2D eigenvalue weighted by Gasteiger charge is 2.43. The number of H-pyrrole nitrogens is 1. The van der Waals surface area contributed by atoms with E-state index in [1.807, 2.05) is 24.3 Å². The van der Waals surface area contributed by atoms with E-state index in [0.717, 1.165) is 53.4 Å². The normalized spacial score (nSPS) is 22.9.